The molecule has 1 aliphatic carbocycles. The highest BCUT2D eigenvalue weighted by Crippen LogP contribution is 2.31. The van der Waals surface area contributed by atoms with E-state index < -0.39 is 0 Å². The summed E-state index contributed by atoms with van der Waals surface area (Å²) in [6.07, 6.45) is 11.2. The van der Waals surface area contributed by atoms with Gasteiger partial charge in [-0.1, -0.05) is 26.2 Å². The quantitative estimate of drug-likeness (QED) is 0.780. The van der Waals surface area contributed by atoms with E-state index in [4.69, 9.17) is 0 Å². The molecule has 1 aliphatic heterocycles. The van der Waals surface area contributed by atoms with Crippen LogP contribution >= 0.6 is 0 Å². The van der Waals surface area contributed by atoms with Crippen LogP contribution in [0.4, 0.5) is 0 Å². The Morgan fingerprint density at radius 1 is 1.04 bits per heavy atom. The van der Waals surface area contributed by atoms with Gasteiger partial charge < -0.3 is 0 Å². The van der Waals surface area contributed by atoms with Crippen molar-refractivity contribution in [3.63, 3.8) is 0 Å². The standard InChI is InChI=1S/C20H31N7/c1-2-19(20-22-23-24-27(20)18-6-4-3-5-7-18)26-14-12-25(13-15-26)16-17-8-10-21-11-9-17/h8-11,18-19H,2-7,12-16H2,1H3. The Kier molecular flexibility index (Phi) is 6.09. The third-order valence-electron chi connectivity index (χ3n) is 6.13. The van der Waals surface area contributed by atoms with Crippen molar-refractivity contribution in [1.29, 1.82) is 0 Å². The summed E-state index contributed by atoms with van der Waals surface area (Å²) in [6, 6.07) is 5.04. The molecule has 27 heavy (non-hydrogen) atoms. The van der Waals surface area contributed by atoms with Crippen molar-refractivity contribution in [3.05, 3.63) is 35.9 Å². The second kappa shape index (κ2) is 8.89. The zero-order chi connectivity index (χ0) is 18.5. The van der Waals surface area contributed by atoms with E-state index >= 15 is 0 Å². The van der Waals surface area contributed by atoms with Gasteiger partial charge in [0.15, 0.2) is 5.82 Å². The molecule has 1 unspecified atom stereocenters. The van der Waals surface area contributed by atoms with Gasteiger partial charge in [-0.15, -0.1) is 5.10 Å². The Bertz CT molecular complexity index is 687. The van der Waals surface area contributed by atoms with Gasteiger partial charge in [-0.05, 0) is 47.4 Å². The monoisotopic (exact) mass is 369 g/mol. The summed E-state index contributed by atoms with van der Waals surface area (Å²) in [4.78, 5) is 9.22. The smallest absolute Gasteiger partial charge is 0.168 e. The van der Waals surface area contributed by atoms with Gasteiger partial charge in [0.05, 0.1) is 12.1 Å². The highest BCUT2D eigenvalue weighted by atomic mass is 15.6. The molecule has 3 heterocycles. The van der Waals surface area contributed by atoms with Crippen LogP contribution in [0.2, 0.25) is 0 Å². The van der Waals surface area contributed by atoms with Crippen LogP contribution in [0.25, 0.3) is 0 Å². The minimum Gasteiger partial charge on any atom is -0.297 e. The lowest BCUT2D eigenvalue weighted by atomic mass is 9.95. The van der Waals surface area contributed by atoms with Crippen molar-refractivity contribution >= 4 is 0 Å². The average Bonchev–Trinajstić information content (AvgIpc) is 3.21. The first-order chi connectivity index (χ1) is 13.3. The van der Waals surface area contributed by atoms with Gasteiger partial charge in [-0.25, -0.2) is 4.68 Å². The minimum absolute atomic E-state index is 0.324. The summed E-state index contributed by atoms with van der Waals surface area (Å²) in [5, 5.41) is 12.9. The van der Waals surface area contributed by atoms with Crippen molar-refractivity contribution in [1.82, 2.24) is 35.0 Å². The number of hydrogen-bond acceptors (Lipinski definition) is 6. The molecule has 1 saturated carbocycles. The number of hydrogen-bond donors (Lipinski definition) is 0. The first-order valence-electron chi connectivity index (χ1n) is 10.5. The maximum Gasteiger partial charge on any atom is 0.168 e. The fraction of sp³-hybridized carbons (Fsp3) is 0.700. The van der Waals surface area contributed by atoms with Crippen LogP contribution < -0.4 is 0 Å². The van der Waals surface area contributed by atoms with Gasteiger partial charge in [-0.3, -0.25) is 14.8 Å². The van der Waals surface area contributed by atoms with E-state index in [1.807, 2.05) is 12.4 Å². The molecule has 2 aliphatic rings. The Balaban J connectivity index is 1.39. The molecule has 0 radical (unpaired) electrons. The topological polar surface area (TPSA) is 63.0 Å². The number of rotatable bonds is 6. The first kappa shape index (κ1) is 18.5. The minimum atomic E-state index is 0.324. The second-order valence-corrected chi connectivity index (χ2v) is 7.87. The number of pyridine rings is 1. The number of aromatic nitrogens is 5. The zero-order valence-corrected chi connectivity index (χ0v) is 16.4. The Hall–Kier alpha value is -1.86. The molecule has 0 bridgehead atoms. The second-order valence-electron chi connectivity index (χ2n) is 7.87. The summed E-state index contributed by atoms with van der Waals surface area (Å²) >= 11 is 0. The van der Waals surface area contributed by atoms with Crippen LogP contribution in [0.3, 0.4) is 0 Å². The summed E-state index contributed by atoms with van der Waals surface area (Å²) in [7, 11) is 0. The highest BCUT2D eigenvalue weighted by molar-refractivity contribution is 5.09. The molecule has 4 rings (SSSR count). The van der Waals surface area contributed by atoms with E-state index in [9.17, 15) is 0 Å². The highest BCUT2D eigenvalue weighted by Gasteiger charge is 2.30. The van der Waals surface area contributed by atoms with E-state index in [0.29, 0.717) is 12.1 Å². The van der Waals surface area contributed by atoms with E-state index in [1.54, 1.807) is 0 Å². The van der Waals surface area contributed by atoms with Crippen molar-refractivity contribution in [3.8, 4) is 0 Å². The lowest BCUT2D eigenvalue weighted by molar-refractivity contribution is 0.0827. The van der Waals surface area contributed by atoms with Crippen molar-refractivity contribution in [2.45, 2.75) is 64.1 Å². The molecule has 1 atom stereocenters. The predicted molar refractivity (Wildman–Crippen MR) is 104 cm³/mol. The molecule has 0 spiro atoms. The van der Waals surface area contributed by atoms with Gasteiger partial charge in [0.1, 0.15) is 0 Å². The molecule has 1 saturated heterocycles. The van der Waals surface area contributed by atoms with E-state index in [-0.39, 0.29) is 0 Å². The third-order valence-corrected chi connectivity index (χ3v) is 6.13. The van der Waals surface area contributed by atoms with Gasteiger partial charge >= 0.3 is 0 Å². The fourth-order valence-electron chi connectivity index (χ4n) is 4.59. The lowest BCUT2D eigenvalue weighted by Crippen LogP contribution is -2.47. The fourth-order valence-corrected chi connectivity index (χ4v) is 4.59. The molecule has 0 aromatic carbocycles. The molecule has 2 aromatic rings. The number of tetrazole rings is 1. The average molecular weight is 370 g/mol. The molecule has 7 nitrogen and oxygen atoms in total. The number of piperazine rings is 1. The van der Waals surface area contributed by atoms with Crippen LogP contribution in [0.5, 0.6) is 0 Å². The van der Waals surface area contributed by atoms with E-state index in [1.165, 1.54) is 37.7 Å². The Morgan fingerprint density at radius 2 is 1.78 bits per heavy atom. The summed E-state index contributed by atoms with van der Waals surface area (Å²) in [5.74, 6) is 1.08. The first-order valence-corrected chi connectivity index (χ1v) is 10.5. The maximum absolute atomic E-state index is 4.46. The van der Waals surface area contributed by atoms with Crippen molar-refractivity contribution < 1.29 is 0 Å². The SMILES string of the molecule is CCC(c1nnnn1C1CCCCC1)N1CCN(Cc2ccncc2)CC1. The van der Waals surface area contributed by atoms with Crippen LogP contribution in [-0.4, -0.2) is 61.2 Å². The molecular formula is C20H31N7. The normalized spacial score (nSPS) is 21.4. The number of nitrogens with zero attached hydrogens (tertiary/aromatic N) is 7. The van der Waals surface area contributed by atoms with Crippen LogP contribution in [0.1, 0.15) is 68.9 Å². The molecule has 0 N–H and O–H groups in total. The Morgan fingerprint density at radius 3 is 2.48 bits per heavy atom. The predicted octanol–water partition coefficient (Wildman–Crippen LogP) is 2.84. The molecule has 7 heteroatoms. The van der Waals surface area contributed by atoms with Gasteiger partial charge in [0, 0.05) is 45.1 Å². The molecule has 146 valence electrons. The van der Waals surface area contributed by atoms with Crippen molar-refractivity contribution in [2.24, 2.45) is 0 Å². The summed E-state index contributed by atoms with van der Waals surface area (Å²) < 4.78 is 2.15. The van der Waals surface area contributed by atoms with Crippen molar-refractivity contribution in [2.75, 3.05) is 26.2 Å². The van der Waals surface area contributed by atoms with E-state index in [2.05, 4.69) is 54.0 Å². The maximum atomic E-state index is 4.46. The van der Waals surface area contributed by atoms with Crippen LogP contribution in [0, 0.1) is 0 Å². The van der Waals surface area contributed by atoms with Crippen LogP contribution in [-0.2, 0) is 6.54 Å². The van der Waals surface area contributed by atoms with Gasteiger partial charge in [0.25, 0.3) is 0 Å². The lowest BCUT2D eigenvalue weighted by Gasteiger charge is -2.39. The van der Waals surface area contributed by atoms with Crippen LogP contribution in [0.15, 0.2) is 24.5 Å². The largest absolute Gasteiger partial charge is 0.297 e. The van der Waals surface area contributed by atoms with Gasteiger partial charge in [-0.2, -0.15) is 0 Å². The Labute approximate surface area is 161 Å². The van der Waals surface area contributed by atoms with Gasteiger partial charge in [0.2, 0.25) is 0 Å². The molecule has 0 amide bonds. The molecule has 2 aromatic heterocycles. The van der Waals surface area contributed by atoms with E-state index in [0.717, 1.165) is 45.0 Å². The third kappa shape index (κ3) is 4.35. The molecule has 2 fully saturated rings. The summed E-state index contributed by atoms with van der Waals surface area (Å²) in [5.41, 5.74) is 1.34. The molecular weight excluding hydrogens is 338 g/mol. The summed E-state index contributed by atoms with van der Waals surface area (Å²) in [6.45, 7) is 7.58. The zero-order valence-electron chi connectivity index (χ0n) is 16.4.